The van der Waals surface area contributed by atoms with Crippen molar-refractivity contribution in [3.63, 3.8) is 0 Å². The van der Waals surface area contributed by atoms with Crippen molar-refractivity contribution in [3.8, 4) is 0 Å². The van der Waals surface area contributed by atoms with Crippen molar-refractivity contribution in [2.24, 2.45) is 0 Å². The number of amides is 2. The van der Waals surface area contributed by atoms with Gasteiger partial charge < -0.3 is 10.6 Å². The molecule has 0 aliphatic heterocycles. The lowest BCUT2D eigenvalue weighted by Gasteiger charge is -2.13. The molecule has 0 spiro atoms. The molecule has 0 heterocycles. The van der Waals surface area contributed by atoms with Gasteiger partial charge in [-0.2, -0.15) is 0 Å². The predicted octanol–water partition coefficient (Wildman–Crippen LogP) is 4.99. The van der Waals surface area contributed by atoms with Crippen LogP contribution in [0.2, 0.25) is 0 Å². The van der Waals surface area contributed by atoms with Crippen LogP contribution in [0.1, 0.15) is 53.2 Å². The number of rotatable bonds is 6. The van der Waals surface area contributed by atoms with E-state index in [-0.39, 0.29) is 11.8 Å². The zero-order chi connectivity index (χ0) is 18.4. The Kier molecular flexibility index (Phi) is 6.34. The van der Waals surface area contributed by atoms with E-state index in [0.29, 0.717) is 17.7 Å². The molecule has 25 heavy (non-hydrogen) atoms. The molecular formula is C21H26N2O2. The van der Waals surface area contributed by atoms with E-state index >= 15 is 0 Å². The van der Waals surface area contributed by atoms with Crippen LogP contribution >= 0.6 is 0 Å². The standard InChI is InChI=1S/C21H26N2O2/c1-5-6-7-19(24)22-18-10-8-17(9-11-18)21(25)23-20-15(3)12-14(2)13-16(20)4/h8-13H,5-7H2,1-4H3,(H,22,24)(H,23,25). The van der Waals surface area contributed by atoms with E-state index in [0.717, 1.165) is 29.7 Å². The normalized spacial score (nSPS) is 10.4. The summed E-state index contributed by atoms with van der Waals surface area (Å²) in [7, 11) is 0. The van der Waals surface area contributed by atoms with Crippen LogP contribution in [0.4, 0.5) is 11.4 Å². The molecule has 0 aromatic heterocycles. The molecule has 0 aliphatic carbocycles. The van der Waals surface area contributed by atoms with Crippen LogP contribution in [-0.2, 0) is 4.79 Å². The van der Waals surface area contributed by atoms with Gasteiger partial charge in [-0.3, -0.25) is 9.59 Å². The summed E-state index contributed by atoms with van der Waals surface area (Å²) in [5.41, 5.74) is 5.39. The number of carbonyl (C=O) groups excluding carboxylic acids is 2. The summed E-state index contributed by atoms with van der Waals surface area (Å²) in [4.78, 5) is 24.2. The number of hydrogen-bond donors (Lipinski definition) is 2. The number of aryl methyl sites for hydroxylation is 3. The fraction of sp³-hybridized carbons (Fsp3) is 0.333. The first kappa shape index (κ1) is 18.7. The van der Waals surface area contributed by atoms with E-state index in [9.17, 15) is 9.59 Å². The molecule has 0 saturated heterocycles. The highest BCUT2D eigenvalue weighted by atomic mass is 16.2. The SMILES string of the molecule is CCCCC(=O)Nc1ccc(C(=O)Nc2c(C)cc(C)cc2C)cc1. The van der Waals surface area contributed by atoms with Gasteiger partial charge in [0.05, 0.1) is 0 Å². The minimum absolute atomic E-state index is 0.00459. The molecule has 0 bridgehead atoms. The van der Waals surface area contributed by atoms with E-state index in [1.54, 1.807) is 24.3 Å². The molecule has 2 rings (SSSR count). The minimum atomic E-state index is -0.154. The fourth-order valence-electron chi connectivity index (χ4n) is 2.83. The summed E-state index contributed by atoms with van der Waals surface area (Å²) < 4.78 is 0. The first-order chi connectivity index (χ1) is 11.9. The number of nitrogens with one attached hydrogen (secondary N) is 2. The quantitative estimate of drug-likeness (QED) is 0.779. The van der Waals surface area contributed by atoms with E-state index in [1.165, 1.54) is 5.56 Å². The maximum absolute atomic E-state index is 12.5. The van der Waals surface area contributed by atoms with E-state index < -0.39 is 0 Å². The molecule has 4 heteroatoms. The smallest absolute Gasteiger partial charge is 0.255 e. The fourth-order valence-corrected chi connectivity index (χ4v) is 2.83. The van der Waals surface area contributed by atoms with Gasteiger partial charge in [0, 0.05) is 23.4 Å². The molecule has 0 fully saturated rings. The van der Waals surface area contributed by atoms with Gasteiger partial charge >= 0.3 is 0 Å². The zero-order valence-corrected chi connectivity index (χ0v) is 15.4. The maximum Gasteiger partial charge on any atom is 0.255 e. The molecule has 2 aromatic rings. The Morgan fingerprint density at radius 3 is 2.08 bits per heavy atom. The molecule has 132 valence electrons. The third kappa shape index (κ3) is 5.18. The van der Waals surface area contributed by atoms with Crippen molar-refractivity contribution in [2.45, 2.75) is 47.0 Å². The number of hydrogen-bond acceptors (Lipinski definition) is 2. The summed E-state index contributed by atoms with van der Waals surface area (Å²) in [5, 5.41) is 5.83. The Hall–Kier alpha value is -2.62. The Morgan fingerprint density at radius 2 is 1.52 bits per heavy atom. The highest BCUT2D eigenvalue weighted by Crippen LogP contribution is 2.23. The Morgan fingerprint density at radius 1 is 0.920 bits per heavy atom. The molecule has 4 nitrogen and oxygen atoms in total. The van der Waals surface area contributed by atoms with Crippen molar-refractivity contribution in [1.82, 2.24) is 0 Å². The second-order valence-corrected chi connectivity index (χ2v) is 6.46. The van der Waals surface area contributed by atoms with E-state index in [2.05, 4.69) is 29.7 Å². The summed E-state index contributed by atoms with van der Waals surface area (Å²) in [6, 6.07) is 11.1. The molecule has 0 unspecified atom stereocenters. The van der Waals surface area contributed by atoms with Gasteiger partial charge in [-0.25, -0.2) is 0 Å². The Labute approximate surface area is 149 Å². The number of carbonyl (C=O) groups is 2. The van der Waals surface area contributed by atoms with Crippen LogP contribution in [0, 0.1) is 20.8 Å². The maximum atomic E-state index is 12.5. The third-order valence-electron chi connectivity index (χ3n) is 4.10. The first-order valence-electron chi connectivity index (χ1n) is 8.69. The van der Waals surface area contributed by atoms with Crippen LogP contribution < -0.4 is 10.6 Å². The molecule has 2 aromatic carbocycles. The largest absolute Gasteiger partial charge is 0.326 e. The lowest BCUT2D eigenvalue weighted by molar-refractivity contribution is -0.116. The molecule has 2 N–H and O–H groups in total. The molecular weight excluding hydrogens is 312 g/mol. The first-order valence-corrected chi connectivity index (χ1v) is 8.69. The van der Waals surface area contributed by atoms with Gasteiger partial charge in [-0.15, -0.1) is 0 Å². The van der Waals surface area contributed by atoms with Crippen LogP contribution in [0.3, 0.4) is 0 Å². The summed E-state index contributed by atoms with van der Waals surface area (Å²) in [6.07, 6.45) is 2.39. The molecule has 0 aliphatic rings. The second-order valence-electron chi connectivity index (χ2n) is 6.46. The van der Waals surface area contributed by atoms with Crippen molar-refractivity contribution < 1.29 is 9.59 Å². The van der Waals surface area contributed by atoms with Crippen molar-refractivity contribution >= 4 is 23.2 Å². The van der Waals surface area contributed by atoms with Crippen molar-refractivity contribution in [3.05, 3.63) is 58.7 Å². The number of benzene rings is 2. The van der Waals surface area contributed by atoms with Crippen molar-refractivity contribution in [2.75, 3.05) is 10.6 Å². The van der Waals surface area contributed by atoms with Gasteiger partial charge in [-0.05, 0) is 62.6 Å². The average molecular weight is 338 g/mol. The van der Waals surface area contributed by atoms with Gasteiger partial charge in [0.2, 0.25) is 5.91 Å². The van der Waals surface area contributed by atoms with E-state index in [1.807, 2.05) is 20.8 Å². The van der Waals surface area contributed by atoms with Gasteiger partial charge in [0.15, 0.2) is 0 Å². The third-order valence-corrected chi connectivity index (χ3v) is 4.10. The van der Waals surface area contributed by atoms with Gasteiger partial charge in [0.25, 0.3) is 5.91 Å². The lowest BCUT2D eigenvalue weighted by Crippen LogP contribution is -2.14. The predicted molar refractivity (Wildman–Crippen MR) is 103 cm³/mol. The lowest BCUT2D eigenvalue weighted by atomic mass is 10.0. The number of unbranched alkanes of at least 4 members (excludes halogenated alkanes) is 1. The molecule has 0 saturated carbocycles. The Bertz CT molecular complexity index is 741. The van der Waals surface area contributed by atoms with Crippen LogP contribution in [0.15, 0.2) is 36.4 Å². The van der Waals surface area contributed by atoms with Gasteiger partial charge in [-0.1, -0.05) is 31.0 Å². The highest BCUT2D eigenvalue weighted by Gasteiger charge is 2.11. The van der Waals surface area contributed by atoms with Crippen LogP contribution in [0.5, 0.6) is 0 Å². The second kappa shape index (κ2) is 8.47. The Balaban J connectivity index is 2.05. The molecule has 0 atom stereocenters. The minimum Gasteiger partial charge on any atom is -0.326 e. The van der Waals surface area contributed by atoms with Crippen LogP contribution in [0.25, 0.3) is 0 Å². The average Bonchev–Trinajstić information content (AvgIpc) is 2.56. The van der Waals surface area contributed by atoms with Gasteiger partial charge in [0.1, 0.15) is 0 Å². The topological polar surface area (TPSA) is 58.2 Å². The highest BCUT2D eigenvalue weighted by molar-refractivity contribution is 6.05. The summed E-state index contributed by atoms with van der Waals surface area (Å²) in [5.74, 6) is -0.149. The van der Waals surface area contributed by atoms with Crippen molar-refractivity contribution in [1.29, 1.82) is 0 Å². The molecule has 2 amide bonds. The summed E-state index contributed by atoms with van der Waals surface area (Å²) in [6.45, 7) is 8.08. The number of anilines is 2. The molecule has 0 radical (unpaired) electrons. The summed E-state index contributed by atoms with van der Waals surface area (Å²) >= 11 is 0. The zero-order valence-electron chi connectivity index (χ0n) is 15.4. The monoisotopic (exact) mass is 338 g/mol. The van der Waals surface area contributed by atoms with E-state index in [4.69, 9.17) is 0 Å². The van der Waals surface area contributed by atoms with Crippen LogP contribution in [-0.4, -0.2) is 11.8 Å².